The number of carbonyl (C=O) groups is 4. The van der Waals surface area contributed by atoms with E-state index in [0.29, 0.717) is 31.3 Å². The Kier molecular flexibility index (Phi) is 11.0. The van der Waals surface area contributed by atoms with Crippen LogP contribution in [0.5, 0.6) is 0 Å². The van der Waals surface area contributed by atoms with Crippen LogP contribution in [0, 0.1) is 5.92 Å². The van der Waals surface area contributed by atoms with Gasteiger partial charge in [0, 0.05) is 51.9 Å². The zero-order valence-electron chi connectivity index (χ0n) is 26.3. The van der Waals surface area contributed by atoms with Crippen LogP contribution >= 0.6 is 0 Å². The minimum atomic E-state index is -0.989. The molecule has 2 fully saturated rings. The lowest BCUT2D eigenvalue weighted by molar-refractivity contribution is -0.155. The number of aromatic nitrogens is 1. The molecule has 4 rings (SSSR count). The predicted octanol–water partition coefficient (Wildman–Crippen LogP) is 4.02. The summed E-state index contributed by atoms with van der Waals surface area (Å²) in [5.41, 5.74) is 2.07. The van der Waals surface area contributed by atoms with E-state index in [-0.39, 0.29) is 50.1 Å². The molecule has 1 saturated carbocycles. The lowest BCUT2D eigenvalue weighted by Gasteiger charge is -2.36. The standard InChI is InChI=1S/C33H44N4O7/c1-6-43-32(41)37-16-14-36(15-17-37)31(40)26(12-13-29(38)44-33(2,3)4)35-30(39)28-20-23(25-18-24(25)21-42-5)19-27(34-28)22-10-8-7-9-11-22/h7-11,19-20,24-26H,6,12-18,21H2,1-5H3,(H,35,39)/t24?,25?,26-/m0/s1. The molecule has 2 aromatic rings. The molecule has 1 aliphatic carbocycles. The number of hydrogen-bond donors (Lipinski definition) is 1. The normalized spacial score (nSPS) is 18.8. The van der Waals surface area contributed by atoms with Crippen LogP contribution in [0.15, 0.2) is 42.5 Å². The monoisotopic (exact) mass is 608 g/mol. The van der Waals surface area contributed by atoms with E-state index in [2.05, 4.69) is 10.3 Å². The summed E-state index contributed by atoms with van der Waals surface area (Å²) >= 11 is 0. The van der Waals surface area contributed by atoms with Crippen molar-refractivity contribution in [2.75, 3.05) is 46.5 Å². The van der Waals surface area contributed by atoms with Gasteiger partial charge in [0.2, 0.25) is 5.91 Å². The van der Waals surface area contributed by atoms with E-state index in [1.165, 1.54) is 0 Å². The molecule has 1 aromatic carbocycles. The van der Waals surface area contributed by atoms with Gasteiger partial charge in [-0.3, -0.25) is 14.4 Å². The van der Waals surface area contributed by atoms with Crippen molar-refractivity contribution in [1.29, 1.82) is 0 Å². The summed E-state index contributed by atoms with van der Waals surface area (Å²) < 4.78 is 15.9. The van der Waals surface area contributed by atoms with E-state index in [9.17, 15) is 19.2 Å². The van der Waals surface area contributed by atoms with Gasteiger partial charge in [-0.25, -0.2) is 9.78 Å². The van der Waals surface area contributed by atoms with E-state index >= 15 is 0 Å². The molecule has 1 N–H and O–H groups in total. The molecule has 11 nitrogen and oxygen atoms in total. The van der Waals surface area contributed by atoms with E-state index in [1.54, 1.807) is 50.7 Å². The first-order valence-corrected chi connectivity index (χ1v) is 15.3. The third-order valence-electron chi connectivity index (χ3n) is 7.66. The molecule has 1 aliphatic heterocycles. The average Bonchev–Trinajstić information content (AvgIpc) is 3.78. The molecule has 2 unspecified atom stereocenters. The zero-order valence-corrected chi connectivity index (χ0v) is 26.3. The zero-order chi connectivity index (χ0) is 31.9. The maximum absolute atomic E-state index is 13.8. The summed E-state index contributed by atoms with van der Waals surface area (Å²) in [6.45, 7) is 9.17. The molecular formula is C33H44N4O7. The fraction of sp³-hybridized carbons (Fsp3) is 0.545. The number of piperazine rings is 1. The minimum absolute atomic E-state index is 0.0553. The minimum Gasteiger partial charge on any atom is -0.460 e. The van der Waals surface area contributed by atoms with Gasteiger partial charge in [-0.1, -0.05) is 30.3 Å². The number of hydrogen-bond acceptors (Lipinski definition) is 8. The summed E-state index contributed by atoms with van der Waals surface area (Å²) in [5.74, 6) is -0.653. The van der Waals surface area contributed by atoms with Gasteiger partial charge in [0.05, 0.1) is 12.3 Å². The summed E-state index contributed by atoms with van der Waals surface area (Å²) in [5, 5.41) is 2.87. The highest BCUT2D eigenvalue weighted by Gasteiger charge is 2.39. The van der Waals surface area contributed by atoms with Crippen LogP contribution < -0.4 is 5.32 Å². The molecule has 2 aliphatic rings. The van der Waals surface area contributed by atoms with Crippen LogP contribution in [0.2, 0.25) is 0 Å². The van der Waals surface area contributed by atoms with Gasteiger partial charge in [0.25, 0.3) is 5.91 Å². The number of methoxy groups -OCH3 is 1. The van der Waals surface area contributed by atoms with Crippen molar-refractivity contribution in [1.82, 2.24) is 20.1 Å². The molecule has 44 heavy (non-hydrogen) atoms. The fourth-order valence-corrected chi connectivity index (χ4v) is 5.38. The van der Waals surface area contributed by atoms with Crippen molar-refractivity contribution in [3.05, 3.63) is 53.7 Å². The van der Waals surface area contributed by atoms with E-state index in [0.717, 1.165) is 17.5 Å². The summed E-state index contributed by atoms with van der Waals surface area (Å²) in [4.78, 5) is 60.1. The van der Waals surface area contributed by atoms with Gasteiger partial charge in [-0.2, -0.15) is 0 Å². The van der Waals surface area contributed by atoms with Crippen LogP contribution in [0.1, 0.15) is 68.9 Å². The second-order valence-electron chi connectivity index (χ2n) is 12.3. The first kappa shape index (κ1) is 32.9. The van der Waals surface area contributed by atoms with Crippen LogP contribution in [0.3, 0.4) is 0 Å². The van der Waals surface area contributed by atoms with Crippen LogP contribution in [0.4, 0.5) is 4.79 Å². The Labute approximate surface area is 259 Å². The molecule has 0 radical (unpaired) electrons. The molecule has 3 atom stereocenters. The third-order valence-corrected chi connectivity index (χ3v) is 7.66. The topological polar surface area (TPSA) is 127 Å². The van der Waals surface area contributed by atoms with Crippen LogP contribution in [0.25, 0.3) is 11.3 Å². The highest BCUT2D eigenvalue weighted by Crippen LogP contribution is 2.48. The molecule has 2 heterocycles. The van der Waals surface area contributed by atoms with Gasteiger partial charge in [0.15, 0.2) is 0 Å². The number of esters is 1. The highest BCUT2D eigenvalue weighted by atomic mass is 16.6. The first-order valence-electron chi connectivity index (χ1n) is 15.3. The average molecular weight is 609 g/mol. The number of carbonyl (C=O) groups excluding carboxylic acids is 4. The Balaban J connectivity index is 1.54. The maximum atomic E-state index is 13.8. The van der Waals surface area contributed by atoms with E-state index < -0.39 is 29.6 Å². The summed E-state index contributed by atoms with van der Waals surface area (Å²) in [6.07, 6.45) is 0.543. The Morgan fingerprint density at radius 3 is 2.34 bits per heavy atom. The molecule has 11 heteroatoms. The lowest BCUT2D eigenvalue weighted by Crippen LogP contribution is -2.56. The quantitative estimate of drug-likeness (QED) is 0.379. The number of benzene rings is 1. The fourth-order valence-electron chi connectivity index (χ4n) is 5.38. The molecule has 1 saturated heterocycles. The van der Waals surface area contributed by atoms with Gasteiger partial charge in [-0.05, 0) is 70.1 Å². The second kappa shape index (κ2) is 14.7. The first-order chi connectivity index (χ1) is 21.0. The van der Waals surface area contributed by atoms with Gasteiger partial charge < -0.3 is 29.3 Å². The molecule has 238 valence electrons. The molecule has 1 aromatic heterocycles. The van der Waals surface area contributed by atoms with Gasteiger partial charge in [0.1, 0.15) is 17.3 Å². The summed E-state index contributed by atoms with van der Waals surface area (Å²) in [6, 6.07) is 12.5. The van der Waals surface area contributed by atoms with Gasteiger partial charge in [-0.15, -0.1) is 0 Å². The second-order valence-corrected chi connectivity index (χ2v) is 12.3. The Morgan fingerprint density at radius 1 is 1.02 bits per heavy atom. The Bertz CT molecular complexity index is 1320. The number of amides is 3. The van der Waals surface area contributed by atoms with Gasteiger partial charge >= 0.3 is 12.1 Å². The number of ether oxygens (including phenoxy) is 3. The smallest absolute Gasteiger partial charge is 0.409 e. The van der Waals surface area contributed by atoms with Crippen molar-refractivity contribution in [2.24, 2.45) is 5.92 Å². The molecule has 0 spiro atoms. The van der Waals surface area contributed by atoms with E-state index in [1.807, 2.05) is 36.4 Å². The van der Waals surface area contributed by atoms with Crippen LogP contribution in [-0.2, 0) is 23.8 Å². The number of rotatable bonds is 11. The number of nitrogens with zero attached hydrogens (tertiary/aromatic N) is 3. The number of nitrogens with one attached hydrogen (secondary N) is 1. The predicted molar refractivity (Wildman–Crippen MR) is 164 cm³/mol. The van der Waals surface area contributed by atoms with Crippen molar-refractivity contribution >= 4 is 23.9 Å². The van der Waals surface area contributed by atoms with Crippen molar-refractivity contribution in [2.45, 2.75) is 64.5 Å². The van der Waals surface area contributed by atoms with Crippen molar-refractivity contribution in [3.63, 3.8) is 0 Å². The summed E-state index contributed by atoms with van der Waals surface area (Å²) in [7, 11) is 1.68. The van der Waals surface area contributed by atoms with Crippen LogP contribution in [-0.4, -0.2) is 96.8 Å². The largest absolute Gasteiger partial charge is 0.460 e. The molecule has 3 amide bonds. The third kappa shape index (κ3) is 9.01. The molecular weight excluding hydrogens is 564 g/mol. The van der Waals surface area contributed by atoms with E-state index in [4.69, 9.17) is 14.2 Å². The number of pyridine rings is 1. The Morgan fingerprint density at radius 2 is 1.70 bits per heavy atom. The Hall–Kier alpha value is -3.99. The van der Waals surface area contributed by atoms with Crippen molar-refractivity contribution in [3.8, 4) is 11.3 Å². The SMILES string of the molecule is CCOC(=O)N1CCN(C(=O)[C@H](CCC(=O)OC(C)(C)C)NC(=O)c2cc(C3CC3COC)cc(-c3ccccc3)n2)CC1. The maximum Gasteiger partial charge on any atom is 0.409 e. The lowest BCUT2D eigenvalue weighted by atomic mass is 10.0. The van der Waals surface area contributed by atoms with Crippen molar-refractivity contribution < 1.29 is 33.4 Å². The molecule has 0 bridgehead atoms. The highest BCUT2D eigenvalue weighted by molar-refractivity contribution is 5.97.